The summed E-state index contributed by atoms with van der Waals surface area (Å²) in [6.45, 7) is 4.54. The summed E-state index contributed by atoms with van der Waals surface area (Å²) in [4.78, 5) is 36.5. The van der Waals surface area contributed by atoms with E-state index in [4.69, 9.17) is 9.15 Å². The van der Waals surface area contributed by atoms with Crippen molar-refractivity contribution in [3.63, 3.8) is 0 Å². The Morgan fingerprint density at radius 3 is 2.43 bits per heavy atom. The number of ether oxygens (including phenoxy) is 1. The first-order valence-corrected chi connectivity index (χ1v) is 12.0. The van der Waals surface area contributed by atoms with E-state index in [0.717, 1.165) is 17.2 Å². The van der Waals surface area contributed by atoms with Crippen LogP contribution in [0.2, 0.25) is 0 Å². The highest BCUT2D eigenvalue weighted by molar-refractivity contribution is 7.89. The molecule has 0 radical (unpaired) electrons. The Labute approximate surface area is 202 Å². The van der Waals surface area contributed by atoms with E-state index in [2.05, 4.69) is 15.4 Å². The Kier molecular flexibility index (Phi) is 8.05. The van der Waals surface area contributed by atoms with Crippen LogP contribution in [-0.4, -0.2) is 32.9 Å². The van der Waals surface area contributed by atoms with Crippen molar-refractivity contribution in [2.75, 3.05) is 11.9 Å². The number of benzene rings is 2. The molecule has 2 aromatic carbocycles. The average molecular weight is 500 g/mol. The number of nitrogens with one attached hydrogen (secondary N) is 3. The van der Waals surface area contributed by atoms with Crippen LogP contribution in [0.15, 0.2) is 64.1 Å². The summed E-state index contributed by atoms with van der Waals surface area (Å²) in [5.74, 6) is -1.33. The predicted molar refractivity (Wildman–Crippen MR) is 127 cm³/mol. The molecule has 3 amide bonds. The molecule has 184 valence electrons. The number of esters is 1. The molecule has 3 N–H and O–H groups in total. The predicted octanol–water partition coefficient (Wildman–Crippen LogP) is 3.19. The van der Waals surface area contributed by atoms with Gasteiger partial charge in [-0.3, -0.25) is 10.1 Å². The lowest BCUT2D eigenvalue weighted by Crippen LogP contribution is -2.37. The first-order chi connectivity index (χ1) is 16.5. The van der Waals surface area contributed by atoms with E-state index in [9.17, 15) is 22.8 Å². The zero-order chi connectivity index (χ0) is 25.6. The van der Waals surface area contributed by atoms with Gasteiger partial charge in [0.2, 0.25) is 10.0 Å². The monoisotopic (exact) mass is 499 g/mol. The highest BCUT2D eigenvalue weighted by atomic mass is 32.2. The molecule has 0 aliphatic rings. The lowest BCUT2D eigenvalue weighted by Gasteiger charge is -2.11. The van der Waals surface area contributed by atoms with E-state index < -0.39 is 34.5 Å². The lowest BCUT2D eigenvalue weighted by atomic mass is 10.1. The van der Waals surface area contributed by atoms with Gasteiger partial charge in [-0.05, 0) is 62.2 Å². The molecule has 0 aliphatic heterocycles. The molecule has 10 nitrogen and oxygen atoms in total. The molecule has 3 aromatic rings. The van der Waals surface area contributed by atoms with E-state index >= 15 is 0 Å². The Hall–Kier alpha value is -3.96. The second kappa shape index (κ2) is 11.0. The zero-order valence-corrected chi connectivity index (χ0v) is 20.2. The van der Waals surface area contributed by atoms with Crippen molar-refractivity contribution in [2.45, 2.75) is 32.2 Å². The number of sulfonamides is 1. The fourth-order valence-corrected chi connectivity index (χ4v) is 4.15. The van der Waals surface area contributed by atoms with Crippen molar-refractivity contribution in [3.05, 3.63) is 82.8 Å². The van der Waals surface area contributed by atoms with E-state index in [1.165, 1.54) is 18.4 Å². The summed E-state index contributed by atoms with van der Waals surface area (Å²) in [5, 5.41) is 4.63. The number of carbonyl (C=O) groups is 3. The van der Waals surface area contributed by atoms with Crippen LogP contribution in [0.1, 0.15) is 32.8 Å². The summed E-state index contributed by atoms with van der Waals surface area (Å²) in [7, 11) is -3.94. The molecule has 0 saturated heterocycles. The number of imide groups is 1. The van der Waals surface area contributed by atoms with Crippen LogP contribution in [0.25, 0.3) is 0 Å². The van der Waals surface area contributed by atoms with Crippen LogP contribution in [-0.2, 0) is 26.1 Å². The van der Waals surface area contributed by atoms with Gasteiger partial charge in [0, 0.05) is 5.69 Å². The average Bonchev–Trinajstić information content (AvgIpc) is 3.32. The minimum atomic E-state index is -3.94. The number of hydrogen-bond donors (Lipinski definition) is 3. The molecular weight excluding hydrogens is 474 g/mol. The molecule has 0 atom stereocenters. The lowest BCUT2D eigenvalue weighted by molar-refractivity contribution is -0.123. The summed E-state index contributed by atoms with van der Waals surface area (Å²) < 4.78 is 37.6. The Balaban J connectivity index is 1.58. The summed E-state index contributed by atoms with van der Waals surface area (Å²) in [6.07, 6.45) is 1.42. The molecule has 35 heavy (non-hydrogen) atoms. The van der Waals surface area contributed by atoms with Gasteiger partial charge in [-0.1, -0.05) is 23.8 Å². The van der Waals surface area contributed by atoms with Crippen molar-refractivity contribution in [1.29, 1.82) is 0 Å². The van der Waals surface area contributed by atoms with Crippen LogP contribution >= 0.6 is 0 Å². The molecule has 0 unspecified atom stereocenters. The van der Waals surface area contributed by atoms with Crippen LogP contribution in [0.3, 0.4) is 0 Å². The van der Waals surface area contributed by atoms with Crippen molar-refractivity contribution in [1.82, 2.24) is 10.0 Å². The van der Waals surface area contributed by atoms with Crippen LogP contribution in [0.4, 0.5) is 10.5 Å². The SMILES string of the molecule is Cc1ccc(NC(=O)NC(=O)COC(=O)c2cc(S(=O)(=O)NCc3ccco3)ccc2C)c(C)c1. The summed E-state index contributed by atoms with van der Waals surface area (Å²) in [6, 6.07) is 11.8. The summed E-state index contributed by atoms with van der Waals surface area (Å²) in [5.41, 5.74) is 2.80. The third kappa shape index (κ3) is 7.01. The molecule has 0 aliphatic carbocycles. The first kappa shape index (κ1) is 25.7. The van der Waals surface area contributed by atoms with Gasteiger partial charge in [0.15, 0.2) is 6.61 Å². The topological polar surface area (TPSA) is 144 Å². The van der Waals surface area contributed by atoms with E-state index in [1.54, 1.807) is 25.1 Å². The smallest absolute Gasteiger partial charge is 0.338 e. The fraction of sp³-hybridized carbons (Fsp3) is 0.208. The molecule has 11 heteroatoms. The number of furan rings is 1. The number of carbonyl (C=O) groups excluding carboxylic acids is 3. The highest BCUT2D eigenvalue weighted by Crippen LogP contribution is 2.18. The van der Waals surface area contributed by atoms with Gasteiger partial charge in [0.05, 0.1) is 23.3 Å². The second-order valence-corrected chi connectivity index (χ2v) is 9.54. The molecule has 1 aromatic heterocycles. The normalized spacial score (nSPS) is 11.1. The Morgan fingerprint density at radius 2 is 1.74 bits per heavy atom. The number of hydrogen-bond acceptors (Lipinski definition) is 7. The molecule has 0 bridgehead atoms. The van der Waals surface area contributed by atoms with E-state index in [1.807, 2.05) is 26.0 Å². The second-order valence-electron chi connectivity index (χ2n) is 7.78. The van der Waals surface area contributed by atoms with Gasteiger partial charge in [0.1, 0.15) is 5.76 Å². The number of rotatable bonds is 8. The van der Waals surface area contributed by atoms with E-state index in [-0.39, 0.29) is 17.0 Å². The third-order valence-electron chi connectivity index (χ3n) is 4.97. The third-order valence-corrected chi connectivity index (χ3v) is 6.37. The molecular formula is C24H25N3O7S. The van der Waals surface area contributed by atoms with Gasteiger partial charge in [-0.15, -0.1) is 0 Å². The first-order valence-electron chi connectivity index (χ1n) is 10.5. The van der Waals surface area contributed by atoms with Crippen molar-refractivity contribution < 1.29 is 32.0 Å². The number of amides is 3. The number of aryl methyl sites for hydroxylation is 3. The molecule has 0 fully saturated rings. The molecule has 0 spiro atoms. The molecule has 1 heterocycles. The van der Waals surface area contributed by atoms with Crippen LogP contribution < -0.4 is 15.4 Å². The highest BCUT2D eigenvalue weighted by Gasteiger charge is 2.20. The maximum Gasteiger partial charge on any atom is 0.338 e. The van der Waals surface area contributed by atoms with Gasteiger partial charge in [-0.2, -0.15) is 0 Å². The largest absolute Gasteiger partial charge is 0.468 e. The minimum Gasteiger partial charge on any atom is -0.468 e. The maximum absolute atomic E-state index is 12.6. The molecule has 3 rings (SSSR count). The van der Waals surface area contributed by atoms with Crippen molar-refractivity contribution >= 4 is 33.6 Å². The van der Waals surface area contributed by atoms with Crippen molar-refractivity contribution in [3.8, 4) is 0 Å². The van der Waals surface area contributed by atoms with E-state index in [0.29, 0.717) is 17.0 Å². The Bertz CT molecular complexity index is 1350. The number of urea groups is 1. The molecule has 0 saturated carbocycles. The Morgan fingerprint density at radius 1 is 0.971 bits per heavy atom. The van der Waals surface area contributed by atoms with Gasteiger partial charge < -0.3 is 14.5 Å². The van der Waals surface area contributed by atoms with Crippen LogP contribution in [0.5, 0.6) is 0 Å². The fourth-order valence-electron chi connectivity index (χ4n) is 3.13. The standard InChI is InChI=1S/C24H25N3O7S/c1-15-6-9-21(17(3)11-15)26-24(30)27-22(28)14-34-23(29)20-12-19(8-7-16(20)2)35(31,32)25-13-18-5-4-10-33-18/h4-12,25H,13-14H2,1-3H3,(H2,26,27,28,30). The van der Waals surface area contributed by atoms with Crippen LogP contribution in [0, 0.1) is 20.8 Å². The maximum atomic E-state index is 12.6. The van der Waals surface area contributed by atoms with Gasteiger partial charge in [0.25, 0.3) is 5.91 Å². The minimum absolute atomic E-state index is 0.0293. The zero-order valence-electron chi connectivity index (χ0n) is 19.4. The van der Waals surface area contributed by atoms with Gasteiger partial charge >= 0.3 is 12.0 Å². The van der Waals surface area contributed by atoms with Gasteiger partial charge in [-0.25, -0.2) is 22.7 Å². The quantitative estimate of drug-likeness (QED) is 0.404. The van der Waals surface area contributed by atoms with Crippen molar-refractivity contribution in [2.24, 2.45) is 0 Å². The summed E-state index contributed by atoms with van der Waals surface area (Å²) >= 11 is 0. The number of anilines is 1.